The van der Waals surface area contributed by atoms with Crippen LogP contribution in [0, 0.1) is 17.5 Å². The van der Waals surface area contributed by atoms with Crippen molar-refractivity contribution in [2.45, 2.75) is 12.8 Å². The third kappa shape index (κ3) is 2.52. The van der Waals surface area contributed by atoms with Crippen LogP contribution in [-0.2, 0) is 4.79 Å². The first-order valence-electron chi connectivity index (χ1n) is 5.88. The summed E-state index contributed by atoms with van der Waals surface area (Å²) >= 11 is 0. The minimum absolute atomic E-state index is 0.0709. The lowest BCUT2D eigenvalue weighted by Gasteiger charge is -2.09. The lowest BCUT2D eigenvalue weighted by Crippen LogP contribution is -2.07. The summed E-state index contributed by atoms with van der Waals surface area (Å²) in [6.07, 6.45) is 0. The molecule has 2 nitrogen and oxygen atoms in total. The van der Waals surface area contributed by atoms with Crippen molar-refractivity contribution in [1.82, 2.24) is 0 Å². The number of hydrogen-bond acceptors (Lipinski definition) is 1. The van der Waals surface area contributed by atoms with E-state index in [1.54, 1.807) is 0 Å². The Hall–Kier alpha value is -2.30. The van der Waals surface area contributed by atoms with E-state index in [-0.39, 0.29) is 5.56 Å². The van der Waals surface area contributed by atoms with E-state index in [2.05, 4.69) is 0 Å². The summed E-state index contributed by atoms with van der Waals surface area (Å²) in [5, 5.41) is 8.88. The van der Waals surface area contributed by atoms with Gasteiger partial charge in [-0.3, -0.25) is 4.79 Å². The topological polar surface area (TPSA) is 37.3 Å². The number of carboxylic acid groups (broad SMARTS) is 1. The van der Waals surface area contributed by atoms with Crippen LogP contribution in [0.5, 0.6) is 0 Å². The monoisotopic (exact) mass is 280 g/mol. The Morgan fingerprint density at radius 3 is 2.15 bits per heavy atom. The zero-order valence-corrected chi connectivity index (χ0v) is 10.5. The van der Waals surface area contributed by atoms with Crippen LogP contribution >= 0.6 is 0 Å². The second-order valence-corrected chi connectivity index (χ2v) is 4.40. The Morgan fingerprint density at radius 1 is 1.00 bits per heavy atom. The number of halogens is 3. The maximum atomic E-state index is 13.6. The van der Waals surface area contributed by atoms with E-state index in [0.29, 0.717) is 11.1 Å². The highest BCUT2D eigenvalue weighted by Crippen LogP contribution is 2.27. The van der Waals surface area contributed by atoms with Gasteiger partial charge in [-0.05, 0) is 30.2 Å². The summed E-state index contributed by atoms with van der Waals surface area (Å²) in [6, 6.07) is 7.99. The highest BCUT2D eigenvalue weighted by atomic mass is 19.2. The zero-order valence-electron chi connectivity index (χ0n) is 10.5. The van der Waals surface area contributed by atoms with Crippen molar-refractivity contribution in [3.63, 3.8) is 0 Å². The van der Waals surface area contributed by atoms with Gasteiger partial charge < -0.3 is 5.11 Å². The van der Waals surface area contributed by atoms with E-state index in [1.807, 2.05) is 0 Å². The largest absolute Gasteiger partial charge is 0.481 e. The molecule has 2 aromatic carbocycles. The molecular weight excluding hydrogens is 269 g/mol. The highest BCUT2D eigenvalue weighted by molar-refractivity contribution is 5.76. The fraction of sp³-hybridized carbons (Fsp3) is 0.133. The van der Waals surface area contributed by atoms with E-state index in [9.17, 15) is 18.0 Å². The molecule has 0 aromatic heterocycles. The van der Waals surface area contributed by atoms with Crippen LogP contribution in [0.15, 0.2) is 36.4 Å². The maximum Gasteiger partial charge on any atom is 0.310 e. The highest BCUT2D eigenvalue weighted by Gasteiger charge is 2.16. The Labute approximate surface area is 113 Å². The average Bonchev–Trinajstić information content (AvgIpc) is 2.44. The molecule has 0 aliphatic carbocycles. The van der Waals surface area contributed by atoms with Crippen molar-refractivity contribution >= 4 is 5.97 Å². The Kier molecular flexibility index (Phi) is 3.79. The van der Waals surface area contributed by atoms with Gasteiger partial charge in [-0.25, -0.2) is 13.2 Å². The van der Waals surface area contributed by atoms with Gasteiger partial charge in [0, 0.05) is 5.56 Å². The summed E-state index contributed by atoms with van der Waals surface area (Å²) in [6.45, 7) is 1.52. The maximum absolute atomic E-state index is 13.6. The molecule has 20 heavy (non-hydrogen) atoms. The zero-order chi connectivity index (χ0) is 14.9. The van der Waals surface area contributed by atoms with Crippen LogP contribution in [0.4, 0.5) is 13.2 Å². The number of carbonyl (C=O) groups is 1. The van der Waals surface area contributed by atoms with Crippen molar-refractivity contribution < 1.29 is 23.1 Å². The van der Waals surface area contributed by atoms with Crippen LogP contribution in [0.25, 0.3) is 11.1 Å². The molecule has 0 saturated heterocycles. The van der Waals surface area contributed by atoms with E-state index in [0.717, 1.165) is 12.1 Å². The standard InChI is InChI=1S/C15H11F3O2/c1-8(15(19)20)9-2-4-10(5-3-9)11-6-7-12(16)14(18)13(11)17/h2-8H,1H3,(H,19,20). The summed E-state index contributed by atoms with van der Waals surface area (Å²) in [5.41, 5.74) is 0.824. The molecule has 104 valence electrons. The lowest BCUT2D eigenvalue weighted by atomic mass is 9.97. The normalized spacial score (nSPS) is 12.2. The van der Waals surface area contributed by atoms with Crippen molar-refractivity contribution in [2.24, 2.45) is 0 Å². The van der Waals surface area contributed by atoms with Gasteiger partial charge in [0.25, 0.3) is 0 Å². The number of aliphatic carboxylic acids is 1. The van der Waals surface area contributed by atoms with E-state index in [1.165, 1.54) is 31.2 Å². The average molecular weight is 280 g/mol. The molecule has 0 aliphatic rings. The number of rotatable bonds is 3. The first-order valence-corrected chi connectivity index (χ1v) is 5.88. The molecule has 2 rings (SSSR count). The molecule has 0 spiro atoms. The molecule has 1 atom stereocenters. The van der Waals surface area contributed by atoms with Gasteiger partial charge in [-0.1, -0.05) is 24.3 Å². The van der Waals surface area contributed by atoms with Crippen LogP contribution in [0.1, 0.15) is 18.4 Å². The van der Waals surface area contributed by atoms with E-state index in [4.69, 9.17) is 5.11 Å². The smallest absolute Gasteiger partial charge is 0.310 e. The molecule has 2 aromatic rings. The van der Waals surface area contributed by atoms with Crippen molar-refractivity contribution in [2.75, 3.05) is 0 Å². The van der Waals surface area contributed by atoms with Crippen molar-refractivity contribution in [1.29, 1.82) is 0 Å². The quantitative estimate of drug-likeness (QED) is 0.864. The first-order chi connectivity index (χ1) is 9.41. The minimum atomic E-state index is -1.52. The summed E-state index contributed by atoms with van der Waals surface area (Å²) in [7, 11) is 0. The second-order valence-electron chi connectivity index (χ2n) is 4.40. The van der Waals surface area contributed by atoms with Crippen molar-refractivity contribution in [3.05, 3.63) is 59.4 Å². The Bertz CT molecular complexity index is 651. The summed E-state index contributed by atoms with van der Waals surface area (Å²) in [5.74, 6) is -5.70. The first kappa shape index (κ1) is 14.1. The molecule has 5 heteroatoms. The van der Waals surface area contributed by atoms with E-state index >= 15 is 0 Å². The third-order valence-electron chi connectivity index (χ3n) is 3.13. The second kappa shape index (κ2) is 5.36. The van der Waals surface area contributed by atoms with Gasteiger partial charge in [-0.15, -0.1) is 0 Å². The van der Waals surface area contributed by atoms with Gasteiger partial charge in [-0.2, -0.15) is 0 Å². The summed E-state index contributed by atoms with van der Waals surface area (Å²) < 4.78 is 39.6. The van der Waals surface area contributed by atoms with Gasteiger partial charge >= 0.3 is 5.97 Å². The number of hydrogen-bond donors (Lipinski definition) is 1. The molecule has 0 radical (unpaired) electrons. The van der Waals surface area contributed by atoms with Crippen molar-refractivity contribution in [3.8, 4) is 11.1 Å². The van der Waals surface area contributed by atoms with Crippen LogP contribution < -0.4 is 0 Å². The molecule has 0 bridgehead atoms. The molecular formula is C15H11F3O2. The molecule has 0 saturated carbocycles. The molecule has 0 fully saturated rings. The van der Waals surface area contributed by atoms with Gasteiger partial charge in [0.2, 0.25) is 0 Å². The molecule has 1 unspecified atom stereocenters. The fourth-order valence-electron chi connectivity index (χ4n) is 1.84. The third-order valence-corrected chi connectivity index (χ3v) is 3.13. The predicted octanol–water partition coefficient (Wildman–Crippen LogP) is 3.96. The van der Waals surface area contributed by atoms with Gasteiger partial charge in [0.15, 0.2) is 17.5 Å². The molecule has 0 amide bonds. The fourth-order valence-corrected chi connectivity index (χ4v) is 1.84. The molecule has 0 aliphatic heterocycles. The Balaban J connectivity index is 2.40. The lowest BCUT2D eigenvalue weighted by molar-refractivity contribution is -0.138. The molecule has 0 heterocycles. The number of benzene rings is 2. The van der Waals surface area contributed by atoms with E-state index < -0.39 is 29.3 Å². The van der Waals surface area contributed by atoms with Crippen LogP contribution in [0.2, 0.25) is 0 Å². The SMILES string of the molecule is CC(C(=O)O)c1ccc(-c2ccc(F)c(F)c2F)cc1. The Morgan fingerprint density at radius 2 is 1.60 bits per heavy atom. The predicted molar refractivity (Wildman–Crippen MR) is 67.8 cm³/mol. The van der Waals surface area contributed by atoms with Gasteiger partial charge in [0.05, 0.1) is 5.92 Å². The summed E-state index contributed by atoms with van der Waals surface area (Å²) in [4.78, 5) is 10.8. The number of carboxylic acids is 1. The minimum Gasteiger partial charge on any atom is -0.481 e. The van der Waals surface area contributed by atoms with Gasteiger partial charge in [0.1, 0.15) is 0 Å². The van der Waals surface area contributed by atoms with Crippen LogP contribution in [0.3, 0.4) is 0 Å². The van der Waals surface area contributed by atoms with Crippen LogP contribution in [-0.4, -0.2) is 11.1 Å². The molecule has 1 N–H and O–H groups in total.